The molecule has 1 atom stereocenters. The van der Waals surface area contributed by atoms with E-state index in [0.29, 0.717) is 11.5 Å². The minimum atomic E-state index is 0.410. The Morgan fingerprint density at radius 3 is 2.57 bits per heavy atom. The molecular formula is C12H25NO. The largest absolute Gasteiger partial charge is 0.299 e. The molecule has 1 fully saturated rings. The molecule has 2 nitrogen and oxygen atoms in total. The van der Waals surface area contributed by atoms with E-state index < -0.39 is 0 Å². The fourth-order valence-electron chi connectivity index (χ4n) is 2.42. The molecule has 1 unspecified atom stereocenters. The van der Waals surface area contributed by atoms with E-state index in [1.54, 1.807) is 0 Å². The van der Waals surface area contributed by atoms with Gasteiger partial charge in [-0.25, -0.2) is 5.48 Å². The Labute approximate surface area is 88.4 Å². The van der Waals surface area contributed by atoms with Crippen molar-refractivity contribution in [2.75, 3.05) is 7.05 Å². The van der Waals surface area contributed by atoms with Gasteiger partial charge in [-0.2, -0.15) is 0 Å². The number of hydrogen-bond donors (Lipinski definition) is 1. The van der Waals surface area contributed by atoms with Gasteiger partial charge < -0.3 is 0 Å². The second-order valence-electron chi connectivity index (χ2n) is 5.27. The van der Waals surface area contributed by atoms with E-state index in [-0.39, 0.29) is 0 Å². The SMILES string of the molecule is CNOC1CCCCCCC(C)(C)C1. The van der Waals surface area contributed by atoms with Gasteiger partial charge in [0, 0.05) is 7.05 Å². The van der Waals surface area contributed by atoms with Crippen LogP contribution in [0.4, 0.5) is 0 Å². The van der Waals surface area contributed by atoms with Crippen molar-refractivity contribution in [3.63, 3.8) is 0 Å². The van der Waals surface area contributed by atoms with Crippen LogP contribution in [0.5, 0.6) is 0 Å². The summed E-state index contributed by atoms with van der Waals surface area (Å²) in [6, 6.07) is 0. The van der Waals surface area contributed by atoms with Crippen LogP contribution in [0, 0.1) is 5.41 Å². The van der Waals surface area contributed by atoms with Crippen LogP contribution in [0.25, 0.3) is 0 Å². The molecule has 0 aliphatic heterocycles. The van der Waals surface area contributed by atoms with Gasteiger partial charge in [-0.3, -0.25) is 4.84 Å². The normalized spacial score (nSPS) is 28.9. The molecule has 1 aliphatic rings. The third-order valence-electron chi connectivity index (χ3n) is 3.19. The topological polar surface area (TPSA) is 21.3 Å². The second kappa shape index (κ2) is 5.72. The molecule has 0 heterocycles. The molecule has 0 aromatic carbocycles. The zero-order valence-corrected chi connectivity index (χ0v) is 9.94. The monoisotopic (exact) mass is 199 g/mol. The van der Waals surface area contributed by atoms with E-state index in [2.05, 4.69) is 19.3 Å². The summed E-state index contributed by atoms with van der Waals surface area (Å²) in [6.45, 7) is 4.73. The molecule has 2 heteroatoms. The summed E-state index contributed by atoms with van der Waals surface area (Å²) in [5.41, 5.74) is 3.29. The Morgan fingerprint density at radius 1 is 1.14 bits per heavy atom. The Bertz CT molecular complexity index is 156. The van der Waals surface area contributed by atoms with E-state index in [1.165, 1.54) is 44.9 Å². The molecule has 1 rings (SSSR count). The number of rotatable bonds is 2. The molecule has 1 aliphatic carbocycles. The van der Waals surface area contributed by atoms with Crippen molar-refractivity contribution in [3.05, 3.63) is 0 Å². The van der Waals surface area contributed by atoms with Crippen molar-refractivity contribution < 1.29 is 4.84 Å². The minimum absolute atomic E-state index is 0.410. The summed E-state index contributed by atoms with van der Waals surface area (Å²) in [4.78, 5) is 5.56. The van der Waals surface area contributed by atoms with Crippen LogP contribution in [0.15, 0.2) is 0 Å². The third kappa shape index (κ3) is 4.43. The van der Waals surface area contributed by atoms with Crippen molar-refractivity contribution in [1.29, 1.82) is 0 Å². The van der Waals surface area contributed by atoms with Gasteiger partial charge in [-0.15, -0.1) is 0 Å². The van der Waals surface area contributed by atoms with Crippen LogP contribution in [0.1, 0.15) is 58.8 Å². The van der Waals surface area contributed by atoms with Gasteiger partial charge in [-0.05, 0) is 24.7 Å². The van der Waals surface area contributed by atoms with E-state index >= 15 is 0 Å². The summed E-state index contributed by atoms with van der Waals surface area (Å²) >= 11 is 0. The van der Waals surface area contributed by atoms with Crippen molar-refractivity contribution in [1.82, 2.24) is 5.48 Å². The maximum atomic E-state index is 5.56. The number of hydrogen-bond acceptors (Lipinski definition) is 2. The van der Waals surface area contributed by atoms with Gasteiger partial charge in [-0.1, -0.05) is 39.5 Å². The summed E-state index contributed by atoms with van der Waals surface area (Å²) in [7, 11) is 1.86. The maximum Gasteiger partial charge on any atom is 0.0795 e. The van der Waals surface area contributed by atoms with Crippen LogP contribution in [0.3, 0.4) is 0 Å². The van der Waals surface area contributed by atoms with Crippen LogP contribution in [0.2, 0.25) is 0 Å². The van der Waals surface area contributed by atoms with Gasteiger partial charge in [0.25, 0.3) is 0 Å². The van der Waals surface area contributed by atoms with Crippen LogP contribution in [-0.4, -0.2) is 13.2 Å². The first-order valence-electron chi connectivity index (χ1n) is 5.96. The first-order chi connectivity index (χ1) is 6.64. The van der Waals surface area contributed by atoms with Gasteiger partial charge >= 0.3 is 0 Å². The highest BCUT2D eigenvalue weighted by Gasteiger charge is 2.24. The van der Waals surface area contributed by atoms with Gasteiger partial charge in [0.1, 0.15) is 0 Å². The smallest absolute Gasteiger partial charge is 0.0795 e. The maximum absolute atomic E-state index is 5.56. The first-order valence-corrected chi connectivity index (χ1v) is 5.96. The molecule has 0 amide bonds. The lowest BCUT2D eigenvalue weighted by atomic mass is 9.82. The molecule has 0 saturated heterocycles. The van der Waals surface area contributed by atoms with Crippen LogP contribution >= 0.6 is 0 Å². The Balaban J connectivity index is 2.47. The molecule has 1 saturated carbocycles. The Hall–Kier alpha value is -0.0800. The highest BCUT2D eigenvalue weighted by Crippen LogP contribution is 2.33. The molecule has 0 spiro atoms. The Morgan fingerprint density at radius 2 is 1.86 bits per heavy atom. The zero-order valence-electron chi connectivity index (χ0n) is 9.94. The molecule has 14 heavy (non-hydrogen) atoms. The molecule has 84 valence electrons. The first kappa shape index (κ1) is 12.0. The fourth-order valence-corrected chi connectivity index (χ4v) is 2.42. The summed E-state index contributed by atoms with van der Waals surface area (Å²) in [5, 5.41) is 0. The Kier molecular flexibility index (Phi) is 4.90. The zero-order chi connectivity index (χ0) is 10.4. The lowest BCUT2D eigenvalue weighted by Gasteiger charge is -2.28. The summed E-state index contributed by atoms with van der Waals surface area (Å²) in [5.74, 6) is 0. The van der Waals surface area contributed by atoms with E-state index in [9.17, 15) is 0 Å². The van der Waals surface area contributed by atoms with Crippen molar-refractivity contribution in [2.45, 2.75) is 64.9 Å². The van der Waals surface area contributed by atoms with Crippen LogP contribution in [-0.2, 0) is 4.84 Å². The number of nitrogens with one attached hydrogen (secondary N) is 1. The van der Waals surface area contributed by atoms with Gasteiger partial charge in [0.2, 0.25) is 0 Å². The molecule has 0 aromatic heterocycles. The van der Waals surface area contributed by atoms with Crippen molar-refractivity contribution in [2.24, 2.45) is 5.41 Å². The lowest BCUT2D eigenvalue weighted by Crippen LogP contribution is -2.27. The highest BCUT2D eigenvalue weighted by atomic mass is 16.7. The van der Waals surface area contributed by atoms with Crippen molar-refractivity contribution in [3.8, 4) is 0 Å². The predicted molar refractivity (Wildman–Crippen MR) is 60.0 cm³/mol. The average Bonchev–Trinajstić information content (AvgIpc) is 2.16. The molecule has 0 radical (unpaired) electrons. The van der Waals surface area contributed by atoms with Crippen LogP contribution < -0.4 is 5.48 Å². The quantitative estimate of drug-likeness (QED) is 0.689. The standard InChI is InChI=1S/C12H25NO/c1-12(2)9-7-5-4-6-8-11(10-12)14-13-3/h11,13H,4-10H2,1-3H3. The van der Waals surface area contributed by atoms with Gasteiger partial charge in [0.15, 0.2) is 0 Å². The lowest BCUT2D eigenvalue weighted by molar-refractivity contribution is -0.0385. The minimum Gasteiger partial charge on any atom is -0.299 e. The molecule has 0 aromatic rings. The summed E-state index contributed by atoms with van der Waals surface area (Å²) < 4.78 is 0. The van der Waals surface area contributed by atoms with Gasteiger partial charge in [0.05, 0.1) is 6.10 Å². The second-order valence-corrected chi connectivity index (χ2v) is 5.27. The van der Waals surface area contributed by atoms with E-state index in [4.69, 9.17) is 4.84 Å². The molecular weight excluding hydrogens is 174 g/mol. The van der Waals surface area contributed by atoms with E-state index in [1.807, 2.05) is 7.05 Å². The van der Waals surface area contributed by atoms with Crippen molar-refractivity contribution >= 4 is 0 Å². The fraction of sp³-hybridized carbons (Fsp3) is 1.00. The molecule has 0 bridgehead atoms. The number of hydroxylamine groups is 1. The van der Waals surface area contributed by atoms with E-state index in [0.717, 1.165) is 0 Å². The third-order valence-corrected chi connectivity index (χ3v) is 3.19. The molecule has 1 N–H and O–H groups in total. The summed E-state index contributed by atoms with van der Waals surface area (Å²) in [6.07, 6.45) is 9.64. The predicted octanol–water partition coefficient (Wildman–Crippen LogP) is 3.28. The highest BCUT2D eigenvalue weighted by molar-refractivity contribution is 4.75. The average molecular weight is 199 g/mol.